The van der Waals surface area contributed by atoms with Crippen molar-refractivity contribution >= 4 is 32.1 Å². The van der Waals surface area contributed by atoms with Gasteiger partial charge < -0.3 is 4.52 Å². The summed E-state index contributed by atoms with van der Waals surface area (Å²) >= 11 is 3.45. The Morgan fingerprint density at radius 3 is 2.82 bits per heavy atom. The topological polar surface area (TPSA) is 129 Å². The van der Waals surface area contributed by atoms with E-state index in [4.69, 9.17) is 4.52 Å². The maximum Gasteiger partial charge on any atom is 0.266 e. The van der Waals surface area contributed by atoms with Gasteiger partial charge in [0.15, 0.2) is 5.82 Å². The van der Waals surface area contributed by atoms with Gasteiger partial charge in [-0.2, -0.15) is 4.98 Å². The van der Waals surface area contributed by atoms with Crippen LogP contribution < -0.4 is 5.56 Å². The van der Waals surface area contributed by atoms with Crippen molar-refractivity contribution in [1.29, 1.82) is 0 Å². The second-order valence-electron chi connectivity index (χ2n) is 7.91. The summed E-state index contributed by atoms with van der Waals surface area (Å²) in [6, 6.07) is 0. The first-order valence-electron chi connectivity index (χ1n) is 10.9. The normalized spacial score (nSPS) is 13.0. The van der Waals surface area contributed by atoms with Crippen molar-refractivity contribution < 1.29 is 4.52 Å². The molecule has 0 fully saturated rings. The fourth-order valence-corrected chi connectivity index (χ4v) is 4.38. The highest BCUT2D eigenvalue weighted by molar-refractivity contribution is 9.18. The molecule has 4 aromatic rings. The molecule has 4 aromatic heterocycles. The maximum atomic E-state index is 13.3. The summed E-state index contributed by atoms with van der Waals surface area (Å²) in [6.07, 6.45) is 9.96. The summed E-state index contributed by atoms with van der Waals surface area (Å²) in [5.74, 6) is 2.81. The number of hydrogen-bond acceptors (Lipinski definition) is 9. The molecule has 0 saturated heterocycles. The lowest BCUT2D eigenvalue weighted by molar-refractivity contribution is 0.373. The van der Waals surface area contributed by atoms with Gasteiger partial charge in [0.25, 0.3) is 5.56 Å². The first kappa shape index (κ1) is 21.6. The van der Waals surface area contributed by atoms with E-state index in [1.54, 1.807) is 16.8 Å². The van der Waals surface area contributed by atoms with Crippen LogP contribution in [-0.2, 0) is 32.2 Å². The first-order valence-corrected chi connectivity index (χ1v) is 11.7. The lowest BCUT2D eigenvalue weighted by atomic mass is 10.2. The monoisotopic (exact) mass is 511 g/mol. The predicted molar refractivity (Wildman–Crippen MR) is 123 cm³/mol. The molecule has 0 unspecified atom stereocenters. The van der Waals surface area contributed by atoms with E-state index in [-0.39, 0.29) is 5.56 Å². The quantitative estimate of drug-likeness (QED) is 0.313. The van der Waals surface area contributed by atoms with Crippen molar-refractivity contribution in [3.05, 3.63) is 57.7 Å². The molecule has 5 rings (SSSR count). The van der Waals surface area contributed by atoms with Crippen LogP contribution in [-0.4, -0.2) is 43.9 Å². The molecule has 0 aromatic carbocycles. The third-order valence-electron chi connectivity index (χ3n) is 5.53. The molecule has 1 aliphatic rings. The summed E-state index contributed by atoms with van der Waals surface area (Å²) in [4.78, 5) is 30.3. The highest BCUT2D eigenvalue weighted by Crippen LogP contribution is 2.28. The lowest BCUT2D eigenvalue weighted by Gasteiger charge is -2.12. The van der Waals surface area contributed by atoms with Crippen LogP contribution >= 0.6 is 15.9 Å². The van der Waals surface area contributed by atoms with Crippen LogP contribution in [0.4, 0.5) is 5.82 Å². The molecule has 33 heavy (non-hydrogen) atoms. The van der Waals surface area contributed by atoms with E-state index in [1.165, 1.54) is 6.33 Å². The van der Waals surface area contributed by atoms with Crippen LogP contribution in [0.25, 0.3) is 5.78 Å². The highest BCUT2D eigenvalue weighted by atomic mass is 79.9. The van der Waals surface area contributed by atoms with Crippen molar-refractivity contribution in [2.45, 2.75) is 58.4 Å². The SMILES string of the molecule is CCCCCn1c2c(c(=O)n3c(CCc4nc(Cc5cncnc5)no4)nnc13)CC(Br)=N2. The lowest BCUT2D eigenvalue weighted by Crippen LogP contribution is -2.24. The molecule has 170 valence electrons. The summed E-state index contributed by atoms with van der Waals surface area (Å²) in [6.45, 7) is 2.89. The van der Waals surface area contributed by atoms with Gasteiger partial charge >= 0.3 is 0 Å². The minimum Gasteiger partial charge on any atom is -0.339 e. The Morgan fingerprint density at radius 1 is 1.15 bits per heavy atom. The zero-order chi connectivity index (χ0) is 22.8. The van der Waals surface area contributed by atoms with Gasteiger partial charge in [0.2, 0.25) is 11.7 Å². The number of fused-ring (bicyclic) bond motifs is 2. The molecule has 0 saturated carbocycles. The van der Waals surface area contributed by atoms with Gasteiger partial charge in [-0.3, -0.25) is 9.36 Å². The van der Waals surface area contributed by atoms with Crippen LogP contribution in [0.1, 0.15) is 54.9 Å². The van der Waals surface area contributed by atoms with Gasteiger partial charge in [0.05, 0.1) is 10.2 Å². The minimum atomic E-state index is -0.125. The molecule has 0 N–H and O–H groups in total. The van der Waals surface area contributed by atoms with E-state index in [1.807, 2.05) is 4.57 Å². The largest absolute Gasteiger partial charge is 0.339 e. The molecule has 0 amide bonds. The second kappa shape index (κ2) is 9.30. The Morgan fingerprint density at radius 2 is 2.00 bits per heavy atom. The van der Waals surface area contributed by atoms with Crippen molar-refractivity contribution in [3.63, 3.8) is 0 Å². The number of aryl methyl sites for hydroxylation is 3. The van der Waals surface area contributed by atoms with Crippen molar-refractivity contribution in [2.24, 2.45) is 4.99 Å². The summed E-state index contributed by atoms with van der Waals surface area (Å²) < 4.78 is 9.75. The Hall–Kier alpha value is -3.28. The Labute approximate surface area is 197 Å². The number of nitrogens with zero attached hydrogens (tertiary/aromatic N) is 9. The Balaban J connectivity index is 1.39. The fraction of sp³-hybridized carbons (Fsp3) is 0.429. The average Bonchev–Trinajstić information content (AvgIpc) is 3.54. The first-order chi connectivity index (χ1) is 16.1. The number of aromatic nitrogens is 8. The van der Waals surface area contributed by atoms with E-state index in [9.17, 15) is 4.79 Å². The molecule has 5 heterocycles. The van der Waals surface area contributed by atoms with Crippen LogP contribution in [0.2, 0.25) is 0 Å². The van der Waals surface area contributed by atoms with E-state index < -0.39 is 0 Å². The number of unbranched alkanes of at least 4 members (excludes halogenated alkanes) is 2. The number of aliphatic imine (C=N–C) groups is 1. The average molecular weight is 512 g/mol. The number of rotatable bonds is 9. The van der Waals surface area contributed by atoms with Crippen LogP contribution in [0.5, 0.6) is 0 Å². The third-order valence-corrected chi connectivity index (χ3v) is 5.98. The summed E-state index contributed by atoms with van der Waals surface area (Å²) in [5, 5.41) is 12.7. The van der Waals surface area contributed by atoms with E-state index in [2.05, 4.69) is 58.2 Å². The van der Waals surface area contributed by atoms with Crippen LogP contribution in [0.15, 0.2) is 33.0 Å². The van der Waals surface area contributed by atoms with Gasteiger partial charge in [-0.25, -0.2) is 19.4 Å². The molecular weight excluding hydrogens is 490 g/mol. The Kier molecular flexibility index (Phi) is 6.07. The third kappa shape index (κ3) is 4.34. The van der Waals surface area contributed by atoms with Gasteiger partial charge in [0.1, 0.15) is 18.0 Å². The molecule has 0 bridgehead atoms. The molecule has 0 spiro atoms. The van der Waals surface area contributed by atoms with Crippen molar-refractivity contribution in [2.75, 3.05) is 0 Å². The molecule has 11 nitrogen and oxygen atoms in total. The smallest absolute Gasteiger partial charge is 0.266 e. The zero-order valence-corrected chi connectivity index (χ0v) is 19.7. The summed E-state index contributed by atoms with van der Waals surface area (Å²) in [7, 11) is 0. The fourth-order valence-electron chi connectivity index (χ4n) is 3.93. The van der Waals surface area contributed by atoms with E-state index >= 15 is 0 Å². The van der Waals surface area contributed by atoms with Crippen molar-refractivity contribution in [1.82, 2.24) is 39.3 Å². The molecule has 0 aliphatic carbocycles. The summed E-state index contributed by atoms with van der Waals surface area (Å²) in [5.41, 5.74) is 1.44. The molecule has 1 aliphatic heterocycles. The van der Waals surface area contributed by atoms with E-state index in [0.717, 1.165) is 36.0 Å². The van der Waals surface area contributed by atoms with E-state index in [0.29, 0.717) is 60.4 Å². The standard InChI is InChI=1S/C21H22BrN9O2/c1-2-3-4-7-30-19-14(9-15(22)25-19)20(32)31-17(27-28-21(30)31)5-6-18-26-16(29-33-18)8-13-10-23-12-24-11-13/h10-12H,2-9H2,1H3. The molecule has 0 radical (unpaired) electrons. The number of halogens is 1. The second-order valence-corrected chi connectivity index (χ2v) is 8.83. The van der Waals surface area contributed by atoms with Gasteiger partial charge in [-0.1, -0.05) is 24.9 Å². The molecule has 0 atom stereocenters. The van der Waals surface area contributed by atoms with Gasteiger partial charge in [-0.05, 0) is 27.9 Å². The molecular formula is C21H22BrN9O2. The maximum absolute atomic E-state index is 13.3. The van der Waals surface area contributed by atoms with Crippen LogP contribution in [0, 0.1) is 0 Å². The van der Waals surface area contributed by atoms with Crippen LogP contribution in [0.3, 0.4) is 0 Å². The van der Waals surface area contributed by atoms with Gasteiger partial charge in [0, 0.05) is 44.6 Å². The minimum absolute atomic E-state index is 0.125. The number of hydrogen-bond donors (Lipinski definition) is 0. The van der Waals surface area contributed by atoms with Crippen molar-refractivity contribution in [3.8, 4) is 0 Å². The predicted octanol–water partition coefficient (Wildman–Crippen LogP) is 2.61. The molecule has 12 heteroatoms. The Bertz CT molecular complexity index is 1370. The van der Waals surface area contributed by atoms with Gasteiger partial charge in [-0.15, -0.1) is 10.2 Å². The highest BCUT2D eigenvalue weighted by Gasteiger charge is 2.25. The zero-order valence-electron chi connectivity index (χ0n) is 18.1.